The molecule has 5 rings (SSSR count). The van der Waals surface area contributed by atoms with Gasteiger partial charge in [-0.3, -0.25) is 4.79 Å². The predicted octanol–water partition coefficient (Wildman–Crippen LogP) is 3.45. The number of aliphatic hydroxyl groups excluding tert-OH is 3. The van der Waals surface area contributed by atoms with Gasteiger partial charge >= 0.3 is 0 Å². The molecule has 14 heteroatoms. The Balaban J connectivity index is 1.55. The van der Waals surface area contributed by atoms with Crippen LogP contribution in [0.15, 0.2) is 41.0 Å². The number of halogens is 4. The third-order valence-corrected chi connectivity index (χ3v) is 8.67. The van der Waals surface area contributed by atoms with Crippen molar-refractivity contribution in [3.63, 3.8) is 0 Å². The van der Waals surface area contributed by atoms with Gasteiger partial charge in [-0.1, -0.05) is 40.1 Å². The molecule has 232 valence electrons. The van der Waals surface area contributed by atoms with Crippen LogP contribution in [-0.4, -0.2) is 86.5 Å². The molecule has 2 aromatic carbocycles. The van der Waals surface area contributed by atoms with Crippen molar-refractivity contribution < 1.29 is 42.8 Å². The Morgan fingerprint density at radius 1 is 1.16 bits per heavy atom. The molecule has 0 radical (unpaired) electrons. The summed E-state index contributed by atoms with van der Waals surface area (Å²) in [5, 5.41) is 40.3. The van der Waals surface area contributed by atoms with Gasteiger partial charge in [-0.15, -0.1) is 5.10 Å². The van der Waals surface area contributed by atoms with E-state index in [0.717, 1.165) is 35.0 Å². The van der Waals surface area contributed by atoms with Gasteiger partial charge in [0, 0.05) is 22.8 Å². The highest BCUT2D eigenvalue weighted by Crippen LogP contribution is 2.38. The minimum atomic E-state index is -1.63. The molecule has 1 saturated heterocycles. The maximum Gasteiger partial charge on any atom is 0.259 e. The van der Waals surface area contributed by atoms with Gasteiger partial charge in [-0.05, 0) is 49.6 Å². The SMILES string of the molecule is COC1C(C(=O)N(c2cc(Br)ccc2C)[C@H]2CCCC[C@@H]2O)OC(CO)C(O)C1n1cc(-c2cc(F)c(F)c(F)c2)nn1. The Morgan fingerprint density at radius 3 is 2.51 bits per heavy atom. The van der Waals surface area contributed by atoms with Crippen molar-refractivity contribution >= 4 is 27.5 Å². The number of ether oxygens (including phenoxy) is 2. The second kappa shape index (κ2) is 13.0. The third kappa shape index (κ3) is 6.08. The lowest BCUT2D eigenvalue weighted by molar-refractivity contribution is -0.211. The minimum Gasteiger partial charge on any atom is -0.394 e. The first-order chi connectivity index (χ1) is 20.5. The summed E-state index contributed by atoms with van der Waals surface area (Å²) in [6, 6.07) is 5.25. The average Bonchev–Trinajstić information content (AvgIpc) is 3.48. The van der Waals surface area contributed by atoms with Crippen molar-refractivity contribution in [2.75, 3.05) is 18.6 Å². The third-order valence-electron chi connectivity index (χ3n) is 8.17. The first-order valence-corrected chi connectivity index (χ1v) is 14.7. The van der Waals surface area contributed by atoms with Gasteiger partial charge in [0.05, 0.1) is 24.9 Å². The lowest BCUT2D eigenvalue weighted by Gasteiger charge is -2.46. The first kappa shape index (κ1) is 31.5. The van der Waals surface area contributed by atoms with Gasteiger partial charge in [-0.25, -0.2) is 17.9 Å². The van der Waals surface area contributed by atoms with Gasteiger partial charge in [0.2, 0.25) is 0 Å². The number of anilines is 1. The molecular formula is C29H32BrF3N4O6. The number of aryl methyl sites for hydroxylation is 1. The van der Waals surface area contributed by atoms with Crippen LogP contribution < -0.4 is 4.90 Å². The fourth-order valence-corrected chi connectivity index (χ4v) is 6.30. The fourth-order valence-electron chi connectivity index (χ4n) is 5.95. The number of aromatic nitrogens is 3. The summed E-state index contributed by atoms with van der Waals surface area (Å²) in [5.74, 6) is -5.01. The van der Waals surface area contributed by atoms with Crippen LogP contribution >= 0.6 is 15.9 Å². The standard InChI is InChI=1S/C29H32BrF3N4O6/c1-14-7-8-16(30)11-21(14)37(20-5-3-4-6-22(20)39)29(41)28-27(42-2)25(26(40)23(13-38)43-28)36-12-19(34-35-36)15-9-17(31)24(33)18(32)10-15/h7-12,20,22-23,25-28,38-40H,3-6,13H2,1-2H3/t20-,22-,23?,25?,26?,27?,28?/m0/s1. The van der Waals surface area contributed by atoms with Gasteiger partial charge < -0.3 is 29.7 Å². The Hall–Kier alpha value is -2.88. The van der Waals surface area contributed by atoms with Crippen LogP contribution in [0.3, 0.4) is 0 Å². The Bertz CT molecular complexity index is 1450. The molecule has 3 N–H and O–H groups in total. The summed E-state index contributed by atoms with van der Waals surface area (Å²) < 4.78 is 55.0. The zero-order valence-electron chi connectivity index (χ0n) is 23.4. The van der Waals surface area contributed by atoms with E-state index in [-0.39, 0.29) is 11.3 Å². The molecule has 0 bridgehead atoms. The summed E-state index contributed by atoms with van der Waals surface area (Å²) >= 11 is 3.47. The van der Waals surface area contributed by atoms with Crippen molar-refractivity contribution in [2.24, 2.45) is 0 Å². The van der Waals surface area contributed by atoms with Gasteiger partial charge in [-0.2, -0.15) is 0 Å². The summed E-state index contributed by atoms with van der Waals surface area (Å²) in [4.78, 5) is 16.0. The molecule has 1 amide bonds. The van der Waals surface area contributed by atoms with Gasteiger partial charge in [0.15, 0.2) is 23.6 Å². The molecule has 2 heterocycles. The summed E-state index contributed by atoms with van der Waals surface area (Å²) in [6.07, 6.45) is -2.13. The van der Waals surface area contributed by atoms with Crippen LogP contribution in [0.2, 0.25) is 0 Å². The molecular weight excluding hydrogens is 637 g/mol. The summed E-state index contributed by atoms with van der Waals surface area (Å²) in [5.41, 5.74) is 1.18. The molecule has 1 saturated carbocycles. The quantitative estimate of drug-likeness (QED) is 0.327. The van der Waals surface area contributed by atoms with Crippen molar-refractivity contribution in [2.45, 2.75) is 75.2 Å². The molecule has 1 aliphatic heterocycles. The zero-order valence-corrected chi connectivity index (χ0v) is 25.0. The number of nitrogens with zero attached hydrogens (tertiary/aromatic N) is 4. The number of hydrogen-bond donors (Lipinski definition) is 3. The number of hydrogen-bond acceptors (Lipinski definition) is 8. The van der Waals surface area contributed by atoms with E-state index in [1.54, 1.807) is 6.07 Å². The molecule has 0 spiro atoms. The van der Waals surface area contributed by atoms with Crippen molar-refractivity contribution in [1.82, 2.24) is 15.0 Å². The van der Waals surface area contributed by atoms with Crippen LogP contribution in [0.5, 0.6) is 0 Å². The number of benzene rings is 2. The van der Waals surface area contributed by atoms with Crippen LogP contribution in [-0.2, 0) is 14.3 Å². The molecule has 2 fully saturated rings. The van der Waals surface area contributed by atoms with Crippen molar-refractivity contribution in [3.05, 3.63) is 64.0 Å². The number of methoxy groups -OCH3 is 1. The van der Waals surface area contributed by atoms with E-state index < -0.39 is 72.6 Å². The van der Waals surface area contributed by atoms with E-state index in [0.29, 0.717) is 18.5 Å². The molecule has 2 aliphatic rings. The van der Waals surface area contributed by atoms with E-state index in [4.69, 9.17) is 9.47 Å². The number of aliphatic hydroxyl groups is 3. The molecule has 5 unspecified atom stereocenters. The topological polar surface area (TPSA) is 130 Å². The van der Waals surface area contributed by atoms with Crippen molar-refractivity contribution in [1.29, 1.82) is 0 Å². The zero-order chi connectivity index (χ0) is 31.0. The summed E-state index contributed by atoms with van der Waals surface area (Å²) in [6.45, 7) is 1.18. The molecule has 10 nitrogen and oxygen atoms in total. The highest BCUT2D eigenvalue weighted by Gasteiger charge is 2.52. The van der Waals surface area contributed by atoms with Crippen LogP contribution in [0, 0.1) is 24.4 Å². The Morgan fingerprint density at radius 2 is 1.86 bits per heavy atom. The second-order valence-corrected chi connectivity index (χ2v) is 11.8. The fraction of sp³-hybridized carbons (Fsp3) is 0.483. The van der Waals surface area contributed by atoms with Gasteiger partial charge in [0.25, 0.3) is 5.91 Å². The number of amides is 1. The number of carbonyl (C=O) groups is 1. The second-order valence-electron chi connectivity index (χ2n) is 10.9. The molecule has 43 heavy (non-hydrogen) atoms. The largest absolute Gasteiger partial charge is 0.394 e. The molecule has 3 aromatic rings. The monoisotopic (exact) mass is 668 g/mol. The normalized spacial score (nSPS) is 27.7. The lowest BCUT2D eigenvalue weighted by atomic mass is 9.88. The van der Waals surface area contributed by atoms with E-state index >= 15 is 0 Å². The lowest BCUT2D eigenvalue weighted by Crippen LogP contribution is -2.63. The smallest absolute Gasteiger partial charge is 0.259 e. The molecule has 1 aromatic heterocycles. The van der Waals surface area contributed by atoms with E-state index in [2.05, 4.69) is 26.2 Å². The van der Waals surface area contributed by atoms with Crippen molar-refractivity contribution in [3.8, 4) is 11.3 Å². The maximum absolute atomic E-state index is 14.5. The summed E-state index contributed by atoms with van der Waals surface area (Å²) in [7, 11) is 1.32. The Kier molecular flexibility index (Phi) is 9.54. The minimum absolute atomic E-state index is 0.0357. The van der Waals surface area contributed by atoms with Crippen LogP contribution in [0.1, 0.15) is 37.3 Å². The highest BCUT2D eigenvalue weighted by molar-refractivity contribution is 9.10. The van der Waals surface area contributed by atoms with E-state index in [1.807, 2.05) is 19.1 Å². The maximum atomic E-state index is 14.5. The van der Waals surface area contributed by atoms with Crippen LogP contribution in [0.25, 0.3) is 11.3 Å². The molecule has 1 aliphatic carbocycles. The number of rotatable bonds is 7. The van der Waals surface area contributed by atoms with Gasteiger partial charge in [0.1, 0.15) is 30.0 Å². The van der Waals surface area contributed by atoms with E-state index in [1.165, 1.54) is 22.9 Å². The van der Waals surface area contributed by atoms with Crippen LogP contribution in [0.4, 0.5) is 18.9 Å². The predicted molar refractivity (Wildman–Crippen MR) is 152 cm³/mol. The Labute approximate surface area is 254 Å². The highest BCUT2D eigenvalue weighted by atomic mass is 79.9. The molecule has 7 atom stereocenters. The average molecular weight is 669 g/mol. The number of carbonyl (C=O) groups excluding carboxylic acids is 1. The first-order valence-electron chi connectivity index (χ1n) is 13.9. The van der Waals surface area contributed by atoms with E-state index in [9.17, 15) is 33.3 Å².